The van der Waals surface area contributed by atoms with E-state index < -0.39 is 20.0 Å². The SMILES string of the molecule is CCCCCCCC/C=C\CCCCCCCC(=O)NC(COP(=O)(O)OCC[N+](C)(C)C)C(O)/C=C/CC/C=C/CCCCCCCCCCCCCCCCCCCCCCCC. The fourth-order valence-corrected chi connectivity index (χ4v) is 8.91. The van der Waals surface area contributed by atoms with Crippen LogP contribution in [0.3, 0.4) is 0 Å². The van der Waals surface area contributed by atoms with Crippen LogP contribution in [-0.2, 0) is 18.4 Å². The molecule has 0 saturated heterocycles. The molecule has 65 heavy (non-hydrogen) atoms. The van der Waals surface area contributed by atoms with E-state index in [1.807, 2.05) is 27.2 Å². The summed E-state index contributed by atoms with van der Waals surface area (Å²) in [6.45, 7) is 4.81. The van der Waals surface area contributed by atoms with Crippen LogP contribution in [0.2, 0.25) is 0 Å². The van der Waals surface area contributed by atoms with Crippen molar-refractivity contribution >= 4 is 13.7 Å². The van der Waals surface area contributed by atoms with Crippen molar-refractivity contribution in [3.63, 3.8) is 0 Å². The number of carbonyl (C=O) groups excluding carboxylic acids is 1. The Morgan fingerprint density at radius 1 is 0.508 bits per heavy atom. The van der Waals surface area contributed by atoms with Crippen molar-refractivity contribution in [3.8, 4) is 0 Å². The van der Waals surface area contributed by atoms with Gasteiger partial charge in [0.1, 0.15) is 13.2 Å². The number of nitrogens with one attached hydrogen (secondary N) is 1. The van der Waals surface area contributed by atoms with Crippen LogP contribution in [0.1, 0.15) is 264 Å². The minimum atomic E-state index is -4.35. The van der Waals surface area contributed by atoms with E-state index in [0.717, 1.165) is 51.4 Å². The molecule has 0 saturated carbocycles. The molecule has 0 bridgehead atoms. The quantitative estimate of drug-likeness (QED) is 0.0243. The zero-order chi connectivity index (χ0) is 47.8. The third-order valence-corrected chi connectivity index (χ3v) is 13.6. The van der Waals surface area contributed by atoms with Gasteiger partial charge in [-0.25, -0.2) is 4.57 Å². The van der Waals surface area contributed by atoms with Gasteiger partial charge in [-0.05, 0) is 57.8 Å². The smallest absolute Gasteiger partial charge is 0.387 e. The summed E-state index contributed by atoms with van der Waals surface area (Å²) in [5.41, 5.74) is 0. The van der Waals surface area contributed by atoms with Crippen LogP contribution >= 0.6 is 7.82 Å². The van der Waals surface area contributed by atoms with Crippen molar-refractivity contribution in [3.05, 3.63) is 36.5 Å². The summed E-state index contributed by atoms with van der Waals surface area (Å²) in [7, 11) is 1.55. The van der Waals surface area contributed by atoms with E-state index in [4.69, 9.17) is 9.05 Å². The van der Waals surface area contributed by atoms with Gasteiger partial charge in [-0.15, -0.1) is 0 Å². The number of allylic oxidation sites excluding steroid dienone is 5. The Morgan fingerprint density at radius 2 is 0.846 bits per heavy atom. The Hall–Kier alpha value is -1.28. The van der Waals surface area contributed by atoms with Crippen molar-refractivity contribution in [2.75, 3.05) is 40.9 Å². The first-order chi connectivity index (χ1) is 31.5. The number of aliphatic hydroxyl groups is 1. The fourth-order valence-electron chi connectivity index (χ4n) is 8.17. The molecule has 3 unspecified atom stereocenters. The standard InChI is InChI=1S/C56H109N2O6P/c1-6-8-10-12-14-16-18-20-22-23-24-25-26-27-28-29-30-31-32-33-34-36-37-39-41-43-45-47-49-55(59)54(53-64-65(61,62)63-52-51-58(3,4)5)57-56(60)50-48-46-44-42-40-38-35-21-19-17-15-13-11-9-7-2/h21,35,39,41,47,49,54-55,59H,6-20,22-34,36-38,40,42-46,48,50-53H2,1-5H3,(H-,57,60,61,62)/p+1/b35-21-,41-39+,49-47+. The molecule has 0 radical (unpaired) electrons. The molecule has 0 aromatic rings. The first kappa shape index (κ1) is 63.7. The minimum Gasteiger partial charge on any atom is -0.387 e. The number of hydrogen-bond donors (Lipinski definition) is 3. The molecule has 0 heterocycles. The Kier molecular flexibility index (Phi) is 46.8. The lowest BCUT2D eigenvalue weighted by atomic mass is 10.0. The summed E-state index contributed by atoms with van der Waals surface area (Å²) in [6, 6.07) is -0.867. The Labute approximate surface area is 404 Å². The number of carbonyl (C=O) groups is 1. The second-order valence-electron chi connectivity index (χ2n) is 20.3. The van der Waals surface area contributed by atoms with Crippen LogP contribution in [0.25, 0.3) is 0 Å². The molecule has 9 heteroatoms. The molecular weight excluding hydrogens is 828 g/mol. The van der Waals surface area contributed by atoms with Gasteiger partial charge >= 0.3 is 7.82 Å². The number of hydrogen-bond acceptors (Lipinski definition) is 5. The van der Waals surface area contributed by atoms with E-state index in [9.17, 15) is 19.4 Å². The minimum absolute atomic E-state index is 0.0550. The lowest BCUT2D eigenvalue weighted by Gasteiger charge is -2.25. The molecule has 0 aliphatic heterocycles. The van der Waals surface area contributed by atoms with Gasteiger partial charge in [-0.1, -0.05) is 237 Å². The summed E-state index contributed by atoms with van der Waals surface area (Å²) in [5.74, 6) is -0.194. The molecule has 0 spiro atoms. The van der Waals surface area contributed by atoms with Gasteiger partial charge in [0.15, 0.2) is 0 Å². The van der Waals surface area contributed by atoms with E-state index in [0.29, 0.717) is 17.4 Å². The van der Waals surface area contributed by atoms with Crippen LogP contribution in [-0.4, -0.2) is 73.4 Å². The molecule has 0 aromatic carbocycles. The first-order valence-electron chi connectivity index (χ1n) is 27.9. The number of phosphoric acid groups is 1. The summed E-state index contributed by atoms with van der Waals surface area (Å²) in [4.78, 5) is 23.2. The molecular formula is C56H110N2O6P+. The number of rotatable bonds is 51. The summed E-state index contributed by atoms with van der Waals surface area (Å²) < 4.78 is 23.6. The highest BCUT2D eigenvalue weighted by atomic mass is 31.2. The highest BCUT2D eigenvalue weighted by Crippen LogP contribution is 2.43. The molecule has 0 rings (SSSR count). The van der Waals surface area contributed by atoms with E-state index >= 15 is 0 Å². The Morgan fingerprint density at radius 3 is 1.23 bits per heavy atom. The topological polar surface area (TPSA) is 105 Å². The van der Waals surface area contributed by atoms with Crippen LogP contribution in [0.5, 0.6) is 0 Å². The maximum absolute atomic E-state index is 12.9. The van der Waals surface area contributed by atoms with Gasteiger partial charge in [0.2, 0.25) is 5.91 Å². The van der Waals surface area contributed by atoms with Gasteiger partial charge < -0.3 is 19.8 Å². The lowest BCUT2D eigenvalue weighted by molar-refractivity contribution is -0.870. The molecule has 3 N–H and O–H groups in total. The number of amides is 1. The molecule has 0 aliphatic carbocycles. The monoisotopic (exact) mass is 938 g/mol. The maximum Gasteiger partial charge on any atom is 0.472 e. The highest BCUT2D eigenvalue weighted by molar-refractivity contribution is 7.47. The van der Waals surface area contributed by atoms with Crippen molar-refractivity contribution in [2.45, 2.75) is 276 Å². The summed E-state index contributed by atoms with van der Waals surface area (Å²) in [6.07, 6.45) is 61.1. The van der Waals surface area contributed by atoms with E-state index in [1.165, 1.54) is 193 Å². The van der Waals surface area contributed by atoms with Crippen LogP contribution in [0.15, 0.2) is 36.5 Å². The largest absolute Gasteiger partial charge is 0.472 e. The Bertz CT molecular complexity index is 1150. The zero-order valence-electron chi connectivity index (χ0n) is 43.7. The van der Waals surface area contributed by atoms with Crippen molar-refractivity contribution in [1.29, 1.82) is 0 Å². The fraction of sp³-hybridized carbons (Fsp3) is 0.875. The number of nitrogens with zero attached hydrogens (tertiary/aromatic N) is 1. The molecule has 3 atom stereocenters. The van der Waals surface area contributed by atoms with Crippen molar-refractivity contribution < 1.29 is 32.9 Å². The molecule has 8 nitrogen and oxygen atoms in total. The number of phosphoric ester groups is 1. The van der Waals surface area contributed by atoms with Crippen LogP contribution in [0.4, 0.5) is 0 Å². The van der Waals surface area contributed by atoms with Gasteiger partial charge in [-0.3, -0.25) is 13.8 Å². The van der Waals surface area contributed by atoms with Crippen molar-refractivity contribution in [1.82, 2.24) is 5.32 Å². The Balaban J connectivity index is 4.22. The van der Waals surface area contributed by atoms with Gasteiger partial charge in [0.25, 0.3) is 0 Å². The number of likely N-dealkylation sites (N-methyl/N-ethyl adjacent to an activating group) is 1. The molecule has 0 fully saturated rings. The summed E-state index contributed by atoms with van der Waals surface area (Å²) in [5, 5.41) is 13.9. The first-order valence-corrected chi connectivity index (χ1v) is 29.4. The molecule has 0 aromatic heterocycles. The van der Waals surface area contributed by atoms with E-state index in [2.05, 4.69) is 43.5 Å². The third kappa shape index (κ3) is 50.4. The lowest BCUT2D eigenvalue weighted by Crippen LogP contribution is -2.45. The molecule has 1 amide bonds. The second-order valence-corrected chi connectivity index (χ2v) is 21.8. The zero-order valence-corrected chi connectivity index (χ0v) is 44.6. The van der Waals surface area contributed by atoms with Crippen LogP contribution < -0.4 is 5.32 Å². The van der Waals surface area contributed by atoms with E-state index in [1.54, 1.807) is 6.08 Å². The second kappa shape index (κ2) is 47.8. The highest BCUT2D eigenvalue weighted by Gasteiger charge is 2.27. The maximum atomic E-state index is 12.9. The van der Waals surface area contributed by atoms with Gasteiger partial charge in [0.05, 0.1) is 39.9 Å². The summed E-state index contributed by atoms with van der Waals surface area (Å²) >= 11 is 0. The number of unbranched alkanes of at least 4 members (excludes halogenated alkanes) is 34. The number of aliphatic hydroxyl groups excluding tert-OH is 1. The van der Waals surface area contributed by atoms with Crippen LogP contribution in [0, 0.1) is 0 Å². The predicted octanol–water partition coefficient (Wildman–Crippen LogP) is 16.6. The normalized spacial score (nSPS) is 14.3. The average Bonchev–Trinajstić information content (AvgIpc) is 3.26. The predicted molar refractivity (Wildman–Crippen MR) is 281 cm³/mol. The van der Waals surface area contributed by atoms with E-state index in [-0.39, 0.29) is 19.1 Å². The average molecular weight is 938 g/mol. The molecule has 384 valence electrons. The molecule has 0 aliphatic rings. The van der Waals surface area contributed by atoms with Gasteiger partial charge in [0, 0.05) is 6.42 Å². The number of quaternary nitrogens is 1. The third-order valence-electron chi connectivity index (χ3n) is 12.6. The van der Waals surface area contributed by atoms with Gasteiger partial charge in [-0.2, -0.15) is 0 Å². The van der Waals surface area contributed by atoms with Crippen molar-refractivity contribution in [2.24, 2.45) is 0 Å².